The number of hydrogen-bond donors (Lipinski definition) is 1. The summed E-state index contributed by atoms with van der Waals surface area (Å²) < 4.78 is 0. The molecule has 0 aliphatic carbocycles. The van der Waals surface area contributed by atoms with E-state index in [-0.39, 0.29) is 24.4 Å². The molecule has 1 heterocycles. The lowest BCUT2D eigenvalue weighted by atomic mass is 9.90. The molecule has 1 aromatic carbocycles. The Kier molecular flexibility index (Phi) is 6.31. The fourth-order valence-corrected chi connectivity index (χ4v) is 2.91. The second-order valence-corrected chi connectivity index (χ2v) is 5.88. The van der Waals surface area contributed by atoms with Gasteiger partial charge in [0.25, 0.3) is 5.91 Å². The van der Waals surface area contributed by atoms with Crippen LogP contribution in [-0.2, 0) is 0 Å². The minimum absolute atomic E-state index is 0. The van der Waals surface area contributed by atoms with Gasteiger partial charge < -0.3 is 10.6 Å². The highest BCUT2D eigenvalue weighted by Gasteiger charge is 2.26. The summed E-state index contributed by atoms with van der Waals surface area (Å²) in [6, 6.07) is 5.79. The van der Waals surface area contributed by atoms with Crippen molar-refractivity contribution in [2.24, 2.45) is 11.7 Å². The summed E-state index contributed by atoms with van der Waals surface area (Å²) >= 11 is 6.16. The Balaban J connectivity index is 0.00000200. The molecule has 1 fully saturated rings. The Labute approximate surface area is 131 Å². The van der Waals surface area contributed by atoms with Gasteiger partial charge in [0.1, 0.15) is 0 Å². The summed E-state index contributed by atoms with van der Waals surface area (Å²) in [4.78, 5) is 14.3. The lowest BCUT2D eigenvalue weighted by Gasteiger charge is -2.33. The quantitative estimate of drug-likeness (QED) is 0.910. The smallest absolute Gasteiger partial charge is 0.255 e. The highest BCUT2D eigenvalue weighted by atomic mass is 35.5. The van der Waals surface area contributed by atoms with E-state index in [1.54, 1.807) is 0 Å². The van der Waals surface area contributed by atoms with Gasteiger partial charge in [0.15, 0.2) is 0 Å². The Morgan fingerprint density at radius 1 is 1.40 bits per heavy atom. The summed E-state index contributed by atoms with van der Waals surface area (Å²) in [6.07, 6.45) is 1.96. The van der Waals surface area contributed by atoms with Crippen LogP contribution in [0.5, 0.6) is 0 Å². The van der Waals surface area contributed by atoms with E-state index in [1.165, 1.54) is 0 Å². The number of carbonyl (C=O) groups excluding carboxylic acids is 1. The van der Waals surface area contributed by atoms with Crippen molar-refractivity contribution in [1.29, 1.82) is 0 Å². The fourth-order valence-electron chi connectivity index (χ4n) is 2.59. The van der Waals surface area contributed by atoms with Crippen LogP contribution >= 0.6 is 24.0 Å². The Bertz CT molecular complexity index is 469. The Morgan fingerprint density at radius 3 is 2.50 bits per heavy atom. The van der Waals surface area contributed by atoms with Gasteiger partial charge in [-0.2, -0.15) is 0 Å². The molecule has 2 rings (SSSR count). The number of amides is 1. The summed E-state index contributed by atoms with van der Waals surface area (Å²) in [5, 5.41) is 0.541. The van der Waals surface area contributed by atoms with Crippen LogP contribution in [0.3, 0.4) is 0 Å². The van der Waals surface area contributed by atoms with Gasteiger partial charge in [-0.25, -0.2) is 0 Å². The molecule has 112 valence electrons. The normalized spacial score (nSPS) is 17.5. The maximum absolute atomic E-state index is 12.4. The average molecular weight is 317 g/mol. The molecule has 5 heteroatoms. The number of nitrogens with two attached hydrogens (primary N) is 1. The van der Waals surface area contributed by atoms with E-state index in [0.717, 1.165) is 31.5 Å². The van der Waals surface area contributed by atoms with E-state index in [4.69, 9.17) is 17.3 Å². The SMILES string of the molecule is Cc1ccc(C(=O)N2CCC(C(C)N)CC2)c(Cl)c1.Cl. The van der Waals surface area contributed by atoms with Crippen LogP contribution < -0.4 is 5.73 Å². The molecule has 0 aromatic heterocycles. The number of rotatable bonds is 2. The van der Waals surface area contributed by atoms with Gasteiger partial charge in [-0.3, -0.25) is 4.79 Å². The number of aryl methyl sites for hydroxylation is 1. The van der Waals surface area contributed by atoms with Crippen LogP contribution in [0.4, 0.5) is 0 Å². The summed E-state index contributed by atoms with van der Waals surface area (Å²) in [7, 11) is 0. The van der Waals surface area contributed by atoms with Crippen molar-refractivity contribution in [3.8, 4) is 0 Å². The second kappa shape index (κ2) is 7.30. The molecule has 3 nitrogen and oxygen atoms in total. The molecule has 1 aliphatic heterocycles. The average Bonchev–Trinajstić information content (AvgIpc) is 2.38. The van der Waals surface area contributed by atoms with E-state index < -0.39 is 0 Å². The standard InChI is InChI=1S/C15H21ClN2O.ClH/c1-10-3-4-13(14(16)9-10)15(19)18-7-5-12(6-8-18)11(2)17;/h3-4,9,11-12H,5-8,17H2,1-2H3;1H. The first-order chi connectivity index (χ1) is 8.99. The zero-order chi connectivity index (χ0) is 14.0. The first kappa shape index (κ1) is 17.3. The zero-order valence-electron chi connectivity index (χ0n) is 11.9. The largest absolute Gasteiger partial charge is 0.339 e. The number of benzene rings is 1. The van der Waals surface area contributed by atoms with Crippen LogP contribution in [-0.4, -0.2) is 29.9 Å². The molecule has 1 aliphatic rings. The van der Waals surface area contributed by atoms with Gasteiger partial charge in [-0.05, 0) is 50.3 Å². The van der Waals surface area contributed by atoms with Crippen molar-refractivity contribution in [2.45, 2.75) is 32.7 Å². The summed E-state index contributed by atoms with van der Waals surface area (Å²) in [5.41, 5.74) is 7.59. The second-order valence-electron chi connectivity index (χ2n) is 5.47. The fraction of sp³-hybridized carbons (Fsp3) is 0.533. The molecular formula is C15H22Cl2N2O. The van der Waals surface area contributed by atoms with Crippen molar-refractivity contribution in [3.05, 3.63) is 34.3 Å². The lowest BCUT2D eigenvalue weighted by molar-refractivity contribution is 0.0681. The number of hydrogen-bond acceptors (Lipinski definition) is 2. The molecule has 1 saturated heterocycles. The molecule has 0 bridgehead atoms. The number of likely N-dealkylation sites (tertiary alicyclic amines) is 1. The number of carbonyl (C=O) groups is 1. The van der Waals surface area contributed by atoms with Gasteiger partial charge in [-0.15, -0.1) is 12.4 Å². The number of piperidine rings is 1. The molecule has 1 atom stereocenters. The van der Waals surface area contributed by atoms with Gasteiger partial charge >= 0.3 is 0 Å². The van der Waals surface area contributed by atoms with Crippen LogP contribution in [0.15, 0.2) is 18.2 Å². The number of nitrogens with zero attached hydrogens (tertiary/aromatic N) is 1. The summed E-state index contributed by atoms with van der Waals surface area (Å²) in [6.45, 7) is 5.55. The Hall–Kier alpha value is -0.770. The van der Waals surface area contributed by atoms with E-state index >= 15 is 0 Å². The van der Waals surface area contributed by atoms with Gasteiger partial charge in [0.05, 0.1) is 10.6 Å². The molecular weight excluding hydrogens is 295 g/mol. The number of halogens is 2. The molecule has 2 N–H and O–H groups in total. The summed E-state index contributed by atoms with van der Waals surface area (Å²) in [5.74, 6) is 0.561. The van der Waals surface area contributed by atoms with Gasteiger partial charge in [0, 0.05) is 19.1 Å². The first-order valence-electron chi connectivity index (χ1n) is 6.80. The molecule has 1 unspecified atom stereocenters. The maximum Gasteiger partial charge on any atom is 0.255 e. The van der Waals surface area contributed by atoms with Crippen molar-refractivity contribution in [1.82, 2.24) is 4.90 Å². The predicted octanol–water partition coefficient (Wildman–Crippen LogP) is 3.27. The van der Waals surface area contributed by atoms with Gasteiger partial charge in [-0.1, -0.05) is 17.7 Å². The highest BCUT2D eigenvalue weighted by molar-refractivity contribution is 6.33. The minimum Gasteiger partial charge on any atom is -0.339 e. The van der Waals surface area contributed by atoms with E-state index in [0.29, 0.717) is 16.5 Å². The van der Waals surface area contributed by atoms with Crippen LogP contribution in [0, 0.1) is 12.8 Å². The minimum atomic E-state index is 0. The molecule has 0 radical (unpaired) electrons. The van der Waals surface area contributed by atoms with E-state index in [2.05, 4.69) is 0 Å². The molecule has 20 heavy (non-hydrogen) atoms. The van der Waals surface area contributed by atoms with Crippen molar-refractivity contribution in [2.75, 3.05) is 13.1 Å². The van der Waals surface area contributed by atoms with E-state index in [9.17, 15) is 4.79 Å². The van der Waals surface area contributed by atoms with Crippen LogP contribution in [0.1, 0.15) is 35.7 Å². The van der Waals surface area contributed by atoms with E-state index in [1.807, 2.05) is 36.9 Å². The predicted molar refractivity (Wildman–Crippen MR) is 85.7 cm³/mol. The Morgan fingerprint density at radius 2 is 2.00 bits per heavy atom. The van der Waals surface area contributed by atoms with Crippen molar-refractivity contribution in [3.63, 3.8) is 0 Å². The van der Waals surface area contributed by atoms with Crippen molar-refractivity contribution < 1.29 is 4.79 Å². The zero-order valence-corrected chi connectivity index (χ0v) is 13.5. The lowest BCUT2D eigenvalue weighted by Crippen LogP contribution is -2.42. The van der Waals surface area contributed by atoms with Crippen LogP contribution in [0.25, 0.3) is 0 Å². The maximum atomic E-state index is 12.4. The molecule has 0 spiro atoms. The highest BCUT2D eigenvalue weighted by Crippen LogP contribution is 2.24. The monoisotopic (exact) mass is 316 g/mol. The van der Waals surface area contributed by atoms with Crippen molar-refractivity contribution >= 4 is 29.9 Å². The molecule has 1 aromatic rings. The van der Waals surface area contributed by atoms with Gasteiger partial charge in [0.2, 0.25) is 0 Å². The third kappa shape index (κ3) is 3.87. The molecule has 1 amide bonds. The third-order valence-corrected chi connectivity index (χ3v) is 4.24. The third-order valence-electron chi connectivity index (χ3n) is 3.93. The van der Waals surface area contributed by atoms with Crippen LogP contribution in [0.2, 0.25) is 5.02 Å². The first-order valence-corrected chi connectivity index (χ1v) is 7.18. The molecule has 0 saturated carbocycles. The topological polar surface area (TPSA) is 46.3 Å².